The second-order valence-corrected chi connectivity index (χ2v) is 4.76. The van der Waals surface area contributed by atoms with Gasteiger partial charge in [-0.3, -0.25) is 15.1 Å². The molecule has 0 heterocycles. The molecule has 108 valence electrons. The van der Waals surface area contributed by atoms with Crippen molar-refractivity contribution in [3.05, 3.63) is 76.3 Å². The molecule has 0 saturated heterocycles. The van der Waals surface area contributed by atoms with Gasteiger partial charge in [-0.1, -0.05) is 30.3 Å². The van der Waals surface area contributed by atoms with Crippen LogP contribution in [0.25, 0.3) is 10.8 Å². The van der Waals surface area contributed by atoms with E-state index in [9.17, 15) is 15.2 Å². The van der Waals surface area contributed by atoms with Gasteiger partial charge in [-0.2, -0.15) is 0 Å². The number of non-ortho nitro benzene ring substituents is 1. The minimum absolute atomic E-state index is 0.0208. The quantitative estimate of drug-likeness (QED) is 0.446. The fourth-order valence-electron chi connectivity index (χ4n) is 2.18. The maximum Gasteiger partial charge on any atom is 0.269 e. The van der Waals surface area contributed by atoms with E-state index in [1.54, 1.807) is 24.4 Å². The third-order valence-corrected chi connectivity index (χ3v) is 3.35. The Morgan fingerprint density at radius 2 is 1.73 bits per heavy atom. The summed E-state index contributed by atoms with van der Waals surface area (Å²) in [6, 6.07) is 17.1. The number of fused-ring (bicyclic) bond motifs is 1. The molecule has 0 aliphatic carbocycles. The number of rotatable bonds is 3. The van der Waals surface area contributed by atoms with Gasteiger partial charge in [0.2, 0.25) is 0 Å². The van der Waals surface area contributed by atoms with E-state index in [4.69, 9.17) is 0 Å². The van der Waals surface area contributed by atoms with Crippen LogP contribution in [0.15, 0.2) is 65.7 Å². The standard InChI is InChI=1S/C17H12N2O3/c20-17-13(6-5-12-3-1-2-4-16(12)17)11-18-14-7-9-15(10-8-14)19(21)22/h1-11,20H. The number of aromatic hydroxyl groups is 1. The Hall–Kier alpha value is -3.21. The first-order chi connectivity index (χ1) is 10.6. The predicted octanol–water partition coefficient (Wildman–Crippen LogP) is 4.20. The van der Waals surface area contributed by atoms with Crippen molar-refractivity contribution in [2.75, 3.05) is 0 Å². The van der Waals surface area contributed by atoms with E-state index in [1.165, 1.54) is 12.1 Å². The number of hydrogen-bond donors (Lipinski definition) is 1. The molecule has 0 bridgehead atoms. The molecule has 3 aromatic rings. The number of benzene rings is 3. The van der Waals surface area contributed by atoms with Crippen LogP contribution in [-0.4, -0.2) is 16.2 Å². The van der Waals surface area contributed by atoms with Gasteiger partial charge in [0.25, 0.3) is 5.69 Å². The molecular formula is C17H12N2O3. The van der Waals surface area contributed by atoms with Crippen molar-refractivity contribution in [1.29, 1.82) is 0 Å². The summed E-state index contributed by atoms with van der Waals surface area (Å²) >= 11 is 0. The molecule has 0 saturated carbocycles. The summed E-state index contributed by atoms with van der Waals surface area (Å²) < 4.78 is 0. The Kier molecular flexibility index (Phi) is 3.53. The molecule has 0 radical (unpaired) electrons. The monoisotopic (exact) mass is 292 g/mol. The topological polar surface area (TPSA) is 75.7 Å². The zero-order valence-corrected chi connectivity index (χ0v) is 11.5. The van der Waals surface area contributed by atoms with E-state index in [1.807, 2.05) is 30.3 Å². The Balaban J connectivity index is 1.92. The number of nitrogens with zero attached hydrogens (tertiary/aromatic N) is 2. The molecule has 0 spiro atoms. The molecule has 0 fully saturated rings. The SMILES string of the molecule is O=[N+]([O-])c1ccc(N=Cc2ccc3ccccc3c2O)cc1. The van der Waals surface area contributed by atoms with Crippen molar-refractivity contribution in [3.63, 3.8) is 0 Å². The van der Waals surface area contributed by atoms with E-state index in [0.29, 0.717) is 11.3 Å². The van der Waals surface area contributed by atoms with Crippen molar-refractivity contribution in [2.24, 2.45) is 4.99 Å². The van der Waals surface area contributed by atoms with Gasteiger partial charge >= 0.3 is 0 Å². The molecule has 1 N–H and O–H groups in total. The van der Waals surface area contributed by atoms with Crippen molar-refractivity contribution < 1.29 is 10.0 Å². The van der Waals surface area contributed by atoms with Gasteiger partial charge in [-0.25, -0.2) is 0 Å². The van der Waals surface area contributed by atoms with Crippen molar-refractivity contribution in [1.82, 2.24) is 0 Å². The summed E-state index contributed by atoms with van der Waals surface area (Å²) in [6.45, 7) is 0. The predicted molar refractivity (Wildman–Crippen MR) is 86.0 cm³/mol. The largest absolute Gasteiger partial charge is 0.507 e. The van der Waals surface area contributed by atoms with Gasteiger partial charge in [-0.15, -0.1) is 0 Å². The normalized spacial score (nSPS) is 11.1. The van der Waals surface area contributed by atoms with Crippen molar-refractivity contribution in [2.45, 2.75) is 0 Å². The molecule has 0 amide bonds. The number of nitro groups is 1. The molecule has 0 aromatic heterocycles. The van der Waals surface area contributed by atoms with Crippen LogP contribution in [0.1, 0.15) is 5.56 Å². The number of aliphatic imine (C=N–C) groups is 1. The number of hydrogen-bond acceptors (Lipinski definition) is 4. The maximum atomic E-state index is 10.6. The third kappa shape index (κ3) is 2.64. The number of phenolic OH excluding ortho intramolecular Hbond substituents is 1. The van der Waals surface area contributed by atoms with Crippen LogP contribution in [0.4, 0.5) is 11.4 Å². The first-order valence-electron chi connectivity index (χ1n) is 6.64. The minimum atomic E-state index is -0.456. The Morgan fingerprint density at radius 3 is 2.45 bits per heavy atom. The average Bonchev–Trinajstić information content (AvgIpc) is 2.55. The summed E-state index contributed by atoms with van der Waals surface area (Å²) in [4.78, 5) is 14.4. The van der Waals surface area contributed by atoms with E-state index < -0.39 is 4.92 Å². The zero-order valence-electron chi connectivity index (χ0n) is 11.5. The Bertz CT molecular complexity index is 871. The van der Waals surface area contributed by atoms with Gasteiger partial charge in [0, 0.05) is 29.3 Å². The van der Waals surface area contributed by atoms with Crippen LogP contribution < -0.4 is 0 Å². The van der Waals surface area contributed by atoms with Crippen LogP contribution in [0.5, 0.6) is 5.75 Å². The highest BCUT2D eigenvalue weighted by Crippen LogP contribution is 2.28. The summed E-state index contributed by atoms with van der Waals surface area (Å²) in [6.07, 6.45) is 1.54. The molecule has 0 unspecified atom stereocenters. The lowest BCUT2D eigenvalue weighted by Gasteiger charge is -2.04. The van der Waals surface area contributed by atoms with Gasteiger partial charge in [0.05, 0.1) is 10.6 Å². The molecule has 0 aliphatic rings. The summed E-state index contributed by atoms with van der Waals surface area (Å²) in [5.41, 5.74) is 1.20. The van der Waals surface area contributed by atoms with Crippen LogP contribution in [0, 0.1) is 10.1 Å². The lowest BCUT2D eigenvalue weighted by atomic mass is 10.1. The molecule has 5 nitrogen and oxygen atoms in total. The highest BCUT2D eigenvalue weighted by atomic mass is 16.6. The number of phenols is 1. The van der Waals surface area contributed by atoms with Crippen molar-refractivity contribution >= 4 is 28.4 Å². The van der Waals surface area contributed by atoms with Gasteiger partial charge in [0.15, 0.2) is 0 Å². The summed E-state index contributed by atoms with van der Waals surface area (Å²) in [5, 5.41) is 22.6. The van der Waals surface area contributed by atoms with Crippen LogP contribution >= 0.6 is 0 Å². The van der Waals surface area contributed by atoms with Crippen LogP contribution in [-0.2, 0) is 0 Å². The van der Waals surface area contributed by atoms with Gasteiger partial charge in [-0.05, 0) is 23.6 Å². The van der Waals surface area contributed by atoms with Gasteiger partial charge < -0.3 is 5.11 Å². The van der Waals surface area contributed by atoms with Crippen LogP contribution in [0.2, 0.25) is 0 Å². The Morgan fingerprint density at radius 1 is 1.00 bits per heavy atom. The second kappa shape index (κ2) is 5.65. The average molecular weight is 292 g/mol. The molecule has 22 heavy (non-hydrogen) atoms. The van der Waals surface area contributed by atoms with E-state index in [0.717, 1.165) is 10.8 Å². The highest BCUT2D eigenvalue weighted by molar-refractivity contribution is 5.97. The van der Waals surface area contributed by atoms with E-state index in [-0.39, 0.29) is 11.4 Å². The molecule has 3 rings (SSSR count). The first-order valence-corrected chi connectivity index (χ1v) is 6.64. The van der Waals surface area contributed by atoms with E-state index in [2.05, 4.69) is 4.99 Å². The van der Waals surface area contributed by atoms with Crippen LogP contribution in [0.3, 0.4) is 0 Å². The molecule has 3 aromatic carbocycles. The Labute approximate surface area is 126 Å². The maximum absolute atomic E-state index is 10.6. The smallest absolute Gasteiger partial charge is 0.269 e. The molecular weight excluding hydrogens is 280 g/mol. The molecule has 5 heteroatoms. The fraction of sp³-hybridized carbons (Fsp3) is 0. The zero-order chi connectivity index (χ0) is 15.5. The summed E-state index contributed by atoms with van der Waals surface area (Å²) in [5.74, 6) is 0.170. The number of nitro benzene ring substituents is 1. The highest BCUT2D eigenvalue weighted by Gasteiger charge is 2.05. The minimum Gasteiger partial charge on any atom is -0.507 e. The second-order valence-electron chi connectivity index (χ2n) is 4.76. The molecule has 0 aliphatic heterocycles. The van der Waals surface area contributed by atoms with Crippen molar-refractivity contribution in [3.8, 4) is 5.75 Å². The fourth-order valence-corrected chi connectivity index (χ4v) is 2.18. The molecule has 0 atom stereocenters. The lowest BCUT2D eigenvalue weighted by molar-refractivity contribution is -0.384. The van der Waals surface area contributed by atoms with Gasteiger partial charge in [0.1, 0.15) is 5.75 Å². The third-order valence-electron chi connectivity index (χ3n) is 3.35. The van der Waals surface area contributed by atoms with E-state index >= 15 is 0 Å². The summed E-state index contributed by atoms with van der Waals surface area (Å²) in [7, 11) is 0. The lowest BCUT2D eigenvalue weighted by Crippen LogP contribution is -1.86. The first kappa shape index (κ1) is 13.8.